The summed E-state index contributed by atoms with van der Waals surface area (Å²) in [6.45, 7) is 3.96. The maximum Gasteiger partial charge on any atom is 0.272 e. The number of halogens is 1. The predicted molar refractivity (Wildman–Crippen MR) is 119 cm³/mol. The number of hydrogen-bond acceptors (Lipinski definition) is 3. The third-order valence-corrected chi connectivity index (χ3v) is 6.30. The lowest BCUT2D eigenvalue weighted by Gasteiger charge is -2.16. The fraction of sp³-hybridized carbons (Fsp3) is 0.120. The average molecular weight is 418 g/mol. The monoisotopic (exact) mass is 417 g/mol. The van der Waals surface area contributed by atoms with Gasteiger partial charge in [-0.2, -0.15) is 0 Å². The van der Waals surface area contributed by atoms with E-state index in [2.05, 4.69) is 0 Å². The Labute approximate surface area is 179 Å². The van der Waals surface area contributed by atoms with E-state index in [4.69, 9.17) is 0 Å². The number of aryl methyl sites for hydroxylation is 2. The number of thioether (sulfide) groups is 1. The highest BCUT2D eigenvalue weighted by Crippen LogP contribution is 2.40. The maximum atomic E-state index is 14.4. The number of rotatable bonds is 5. The molecule has 0 fully saturated rings. The number of para-hydroxylation sites is 1. The fourth-order valence-electron chi connectivity index (χ4n) is 3.38. The molecule has 0 spiro atoms. The van der Waals surface area contributed by atoms with E-state index in [1.54, 1.807) is 6.07 Å². The second kappa shape index (κ2) is 8.28. The Morgan fingerprint density at radius 2 is 1.53 bits per heavy atom. The molecule has 0 radical (unpaired) electrons. The summed E-state index contributed by atoms with van der Waals surface area (Å²) in [5.41, 5.74) is 4.14. The fourth-order valence-corrected chi connectivity index (χ4v) is 4.44. The van der Waals surface area contributed by atoms with Crippen LogP contribution in [0, 0.1) is 19.7 Å². The van der Waals surface area contributed by atoms with E-state index in [1.165, 1.54) is 30.0 Å². The van der Waals surface area contributed by atoms with E-state index in [0.717, 1.165) is 21.6 Å². The van der Waals surface area contributed by atoms with Crippen molar-refractivity contribution in [1.82, 2.24) is 0 Å². The van der Waals surface area contributed by atoms with Crippen LogP contribution >= 0.6 is 11.8 Å². The number of carbonyl (C=O) groups is 2. The zero-order chi connectivity index (χ0) is 21.3. The van der Waals surface area contributed by atoms with Gasteiger partial charge in [0.15, 0.2) is 0 Å². The number of benzene rings is 3. The van der Waals surface area contributed by atoms with Gasteiger partial charge in [0.05, 0.1) is 16.2 Å². The molecule has 1 aliphatic heterocycles. The third-order valence-electron chi connectivity index (χ3n) is 5.16. The van der Waals surface area contributed by atoms with Crippen LogP contribution < -0.4 is 4.90 Å². The molecule has 3 aromatic rings. The molecular formula is C25H20FNO2S. The van der Waals surface area contributed by atoms with Crippen molar-refractivity contribution in [2.45, 2.75) is 19.6 Å². The van der Waals surface area contributed by atoms with Crippen LogP contribution in [0.5, 0.6) is 0 Å². The van der Waals surface area contributed by atoms with Crippen LogP contribution in [-0.2, 0) is 15.3 Å². The summed E-state index contributed by atoms with van der Waals surface area (Å²) in [4.78, 5) is 27.9. The molecule has 0 bridgehead atoms. The van der Waals surface area contributed by atoms with Crippen molar-refractivity contribution in [2.24, 2.45) is 0 Å². The van der Waals surface area contributed by atoms with Gasteiger partial charge in [0.25, 0.3) is 11.8 Å². The second-order valence-electron chi connectivity index (χ2n) is 7.17. The van der Waals surface area contributed by atoms with Gasteiger partial charge in [0.2, 0.25) is 0 Å². The number of hydrogen-bond donors (Lipinski definition) is 0. The molecule has 0 atom stereocenters. The predicted octanol–water partition coefficient (Wildman–Crippen LogP) is 5.66. The van der Waals surface area contributed by atoms with E-state index >= 15 is 0 Å². The topological polar surface area (TPSA) is 37.4 Å². The van der Waals surface area contributed by atoms with Crippen molar-refractivity contribution in [3.63, 3.8) is 0 Å². The third kappa shape index (κ3) is 3.68. The Balaban J connectivity index is 1.79. The van der Waals surface area contributed by atoms with Crippen molar-refractivity contribution in [3.05, 3.63) is 106 Å². The van der Waals surface area contributed by atoms with Gasteiger partial charge in [0, 0.05) is 5.75 Å². The van der Waals surface area contributed by atoms with E-state index in [-0.39, 0.29) is 5.69 Å². The normalized spacial score (nSPS) is 14.0. The van der Waals surface area contributed by atoms with Crippen molar-refractivity contribution < 1.29 is 14.0 Å². The first-order valence-electron chi connectivity index (χ1n) is 9.59. The van der Waals surface area contributed by atoms with E-state index in [1.807, 2.05) is 62.4 Å². The molecule has 3 nitrogen and oxygen atoms in total. The minimum atomic E-state index is -0.604. The van der Waals surface area contributed by atoms with Crippen molar-refractivity contribution >= 4 is 34.8 Å². The quantitative estimate of drug-likeness (QED) is 0.503. The Morgan fingerprint density at radius 1 is 0.833 bits per heavy atom. The maximum absolute atomic E-state index is 14.4. The second-order valence-corrected chi connectivity index (χ2v) is 8.16. The summed E-state index contributed by atoms with van der Waals surface area (Å²) in [6.07, 6.45) is 0. The molecule has 0 saturated heterocycles. The smallest absolute Gasteiger partial charge is 0.268 e. The van der Waals surface area contributed by atoms with Crippen LogP contribution in [0.15, 0.2) is 77.7 Å². The molecule has 3 aromatic carbocycles. The standard InChI is InChI=1S/C25H20FNO2S/c1-16-12-13-19(14-17(16)2)22-23(30-15-18-8-4-3-5-9-18)25(29)27(24(22)28)21-11-7-6-10-20(21)26/h3-14H,15H2,1-2H3. The molecule has 0 unspecified atom stereocenters. The zero-order valence-electron chi connectivity index (χ0n) is 16.7. The van der Waals surface area contributed by atoms with Crippen LogP contribution in [0.1, 0.15) is 22.3 Å². The summed E-state index contributed by atoms with van der Waals surface area (Å²) in [7, 11) is 0. The number of amides is 2. The van der Waals surface area contributed by atoms with Crippen LogP contribution in [0.4, 0.5) is 10.1 Å². The number of nitrogens with zero attached hydrogens (tertiary/aromatic N) is 1. The highest BCUT2D eigenvalue weighted by atomic mass is 32.2. The van der Waals surface area contributed by atoms with Gasteiger partial charge in [-0.1, -0.05) is 60.7 Å². The van der Waals surface area contributed by atoms with Gasteiger partial charge in [-0.3, -0.25) is 9.59 Å². The zero-order valence-corrected chi connectivity index (χ0v) is 17.5. The lowest BCUT2D eigenvalue weighted by atomic mass is 10.0. The summed E-state index contributed by atoms with van der Waals surface area (Å²) in [5.74, 6) is -1.05. The average Bonchev–Trinajstić information content (AvgIpc) is 2.99. The minimum Gasteiger partial charge on any atom is -0.268 e. The lowest BCUT2D eigenvalue weighted by Crippen LogP contribution is -2.32. The summed E-state index contributed by atoms with van der Waals surface area (Å²) < 4.78 is 14.4. The Bertz CT molecular complexity index is 1170. The SMILES string of the molecule is Cc1ccc(C2=C(SCc3ccccc3)C(=O)N(c3ccccc3F)C2=O)cc1C. The van der Waals surface area contributed by atoms with Crippen LogP contribution in [0.3, 0.4) is 0 Å². The van der Waals surface area contributed by atoms with Crippen molar-refractivity contribution in [2.75, 3.05) is 4.90 Å². The number of imide groups is 1. The first-order valence-corrected chi connectivity index (χ1v) is 10.6. The first kappa shape index (κ1) is 20.1. The number of carbonyl (C=O) groups excluding carboxylic acids is 2. The molecule has 0 aromatic heterocycles. The Kier molecular flexibility index (Phi) is 5.55. The van der Waals surface area contributed by atoms with Gasteiger partial charge < -0.3 is 0 Å². The molecule has 5 heteroatoms. The van der Waals surface area contributed by atoms with E-state index in [0.29, 0.717) is 21.8 Å². The molecule has 150 valence electrons. The molecule has 0 aliphatic carbocycles. The minimum absolute atomic E-state index is 0.0239. The van der Waals surface area contributed by atoms with Crippen LogP contribution in [0.2, 0.25) is 0 Å². The van der Waals surface area contributed by atoms with Crippen molar-refractivity contribution in [3.8, 4) is 0 Å². The molecule has 30 heavy (non-hydrogen) atoms. The highest BCUT2D eigenvalue weighted by Gasteiger charge is 2.41. The molecule has 4 rings (SSSR count). The van der Waals surface area contributed by atoms with Gasteiger partial charge in [0.1, 0.15) is 5.82 Å². The first-order chi connectivity index (χ1) is 14.5. The molecule has 2 amide bonds. The molecule has 1 heterocycles. The summed E-state index contributed by atoms with van der Waals surface area (Å²) in [6, 6.07) is 21.3. The summed E-state index contributed by atoms with van der Waals surface area (Å²) in [5, 5.41) is 0. The Hall–Kier alpha value is -3.18. The van der Waals surface area contributed by atoms with E-state index < -0.39 is 17.6 Å². The van der Waals surface area contributed by atoms with Gasteiger partial charge in [-0.05, 0) is 48.2 Å². The van der Waals surface area contributed by atoms with Gasteiger partial charge >= 0.3 is 0 Å². The van der Waals surface area contributed by atoms with Crippen molar-refractivity contribution in [1.29, 1.82) is 0 Å². The Morgan fingerprint density at radius 3 is 2.23 bits per heavy atom. The molecular weight excluding hydrogens is 397 g/mol. The van der Waals surface area contributed by atoms with Gasteiger partial charge in [-0.25, -0.2) is 9.29 Å². The van der Waals surface area contributed by atoms with Gasteiger partial charge in [-0.15, -0.1) is 11.8 Å². The molecule has 1 aliphatic rings. The molecule has 0 N–H and O–H groups in total. The van der Waals surface area contributed by atoms with Crippen LogP contribution in [0.25, 0.3) is 5.57 Å². The highest BCUT2D eigenvalue weighted by molar-refractivity contribution is 8.03. The van der Waals surface area contributed by atoms with E-state index in [9.17, 15) is 14.0 Å². The number of anilines is 1. The largest absolute Gasteiger partial charge is 0.272 e. The lowest BCUT2D eigenvalue weighted by molar-refractivity contribution is -0.119. The molecule has 0 saturated carbocycles. The van der Waals surface area contributed by atoms with Crippen LogP contribution in [-0.4, -0.2) is 11.8 Å². The summed E-state index contributed by atoms with van der Waals surface area (Å²) >= 11 is 1.31.